The van der Waals surface area contributed by atoms with Gasteiger partial charge in [-0.15, -0.1) is 0 Å². The van der Waals surface area contributed by atoms with Crippen molar-refractivity contribution in [2.24, 2.45) is 0 Å². The summed E-state index contributed by atoms with van der Waals surface area (Å²) in [4.78, 5) is 41.7. The first-order chi connectivity index (χ1) is 16.2. The predicted octanol–water partition coefficient (Wildman–Crippen LogP) is 2.65. The molecule has 10 nitrogen and oxygen atoms in total. The van der Waals surface area contributed by atoms with Crippen LogP contribution in [0.15, 0.2) is 52.2 Å². The number of rotatable bonds is 7. The van der Waals surface area contributed by atoms with E-state index in [0.717, 1.165) is 32.1 Å². The van der Waals surface area contributed by atoms with Crippen molar-refractivity contribution in [2.75, 3.05) is 4.72 Å². The maximum Gasteiger partial charge on any atom is 0.341 e. The standard InChI is InChI=1S/C23H26N4O6S/c1-14(21(28)24-15-7-3-2-4-8-15)33-22(29)17-9-5-6-10-18(17)27-34(31,32)16-11-12-19-20(13-16)26-23(30)25-19/h5-6,9-15,27H,2-4,7-8H2,1H3,(H,24,28)(H2,25,26,30). The van der Waals surface area contributed by atoms with Crippen LogP contribution in [0, 0.1) is 0 Å². The van der Waals surface area contributed by atoms with Crippen LogP contribution in [-0.4, -0.2) is 42.4 Å². The Morgan fingerprint density at radius 1 is 1.03 bits per heavy atom. The number of ether oxygens (including phenoxy) is 1. The zero-order valence-corrected chi connectivity index (χ0v) is 19.4. The number of amides is 1. The molecule has 1 heterocycles. The van der Waals surface area contributed by atoms with Gasteiger partial charge in [-0.3, -0.25) is 9.52 Å². The molecule has 0 aliphatic heterocycles. The highest BCUT2D eigenvalue weighted by Gasteiger charge is 2.25. The molecule has 1 saturated carbocycles. The molecule has 1 aliphatic rings. The van der Waals surface area contributed by atoms with Gasteiger partial charge in [-0.2, -0.15) is 0 Å². The summed E-state index contributed by atoms with van der Waals surface area (Å²) in [6.07, 6.45) is 4.03. The number of hydrogen-bond donors (Lipinski definition) is 4. The average Bonchev–Trinajstić information content (AvgIpc) is 3.19. The summed E-state index contributed by atoms with van der Waals surface area (Å²) in [7, 11) is -4.09. The average molecular weight is 487 g/mol. The van der Waals surface area contributed by atoms with Gasteiger partial charge in [-0.1, -0.05) is 31.4 Å². The van der Waals surface area contributed by atoms with Crippen LogP contribution in [-0.2, 0) is 19.6 Å². The SMILES string of the molecule is CC(OC(=O)c1ccccc1NS(=O)(=O)c1ccc2[nH]c(=O)[nH]c2c1)C(=O)NC1CCCCC1. The fourth-order valence-electron chi connectivity index (χ4n) is 3.98. The number of esters is 1. The fourth-order valence-corrected chi connectivity index (χ4v) is 5.08. The largest absolute Gasteiger partial charge is 0.449 e. The molecule has 4 rings (SSSR count). The van der Waals surface area contributed by atoms with E-state index >= 15 is 0 Å². The normalized spacial score (nSPS) is 15.6. The van der Waals surface area contributed by atoms with E-state index in [1.165, 1.54) is 37.3 Å². The molecule has 0 bridgehead atoms. The van der Waals surface area contributed by atoms with E-state index in [1.54, 1.807) is 12.1 Å². The highest BCUT2D eigenvalue weighted by molar-refractivity contribution is 7.92. The van der Waals surface area contributed by atoms with Crippen molar-refractivity contribution in [3.05, 3.63) is 58.5 Å². The number of sulfonamides is 1. The molecule has 1 unspecified atom stereocenters. The maximum absolute atomic E-state index is 12.9. The van der Waals surface area contributed by atoms with Crippen molar-refractivity contribution >= 4 is 38.6 Å². The molecule has 1 atom stereocenters. The van der Waals surface area contributed by atoms with E-state index < -0.39 is 27.8 Å². The number of para-hydroxylation sites is 1. The molecule has 0 saturated heterocycles. The van der Waals surface area contributed by atoms with Crippen LogP contribution in [0.3, 0.4) is 0 Å². The fraction of sp³-hybridized carbons (Fsp3) is 0.348. The number of hydrogen-bond acceptors (Lipinski definition) is 6. The zero-order chi connectivity index (χ0) is 24.3. The maximum atomic E-state index is 12.9. The summed E-state index contributed by atoms with van der Waals surface area (Å²) in [6, 6.07) is 10.2. The van der Waals surface area contributed by atoms with Gasteiger partial charge in [-0.05, 0) is 50.1 Å². The number of fused-ring (bicyclic) bond motifs is 1. The van der Waals surface area contributed by atoms with Crippen molar-refractivity contribution in [2.45, 2.75) is 56.1 Å². The van der Waals surface area contributed by atoms with E-state index in [9.17, 15) is 22.8 Å². The van der Waals surface area contributed by atoms with Gasteiger partial charge in [0.15, 0.2) is 6.10 Å². The van der Waals surface area contributed by atoms with Crippen molar-refractivity contribution in [3.63, 3.8) is 0 Å². The van der Waals surface area contributed by atoms with Crippen molar-refractivity contribution < 1.29 is 22.7 Å². The molecule has 1 amide bonds. The van der Waals surface area contributed by atoms with Gasteiger partial charge < -0.3 is 20.0 Å². The van der Waals surface area contributed by atoms with Crippen LogP contribution in [0.1, 0.15) is 49.4 Å². The lowest BCUT2D eigenvalue weighted by molar-refractivity contribution is -0.130. The molecule has 0 radical (unpaired) electrons. The number of carbonyl (C=O) groups excluding carboxylic acids is 2. The van der Waals surface area contributed by atoms with E-state index in [4.69, 9.17) is 4.74 Å². The van der Waals surface area contributed by atoms with Crippen LogP contribution in [0.2, 0.25) is 0 Å². The summed E-state index contributed by atoms with van der Waals surface area (Å²) >= 11 is 0. The van der Waals surface area contributed by atoms with Crippen molar-refractivity contribution in [1.82, 2.24) is 15.3 Å². The summed E-state index contributed by atoms with van der Waals surface area (Å²) in [5, 5.41) is 2.91. The Bertz CT molecular complexity index is 1370. The Hall–Kier alpha value is -3.60. The second kappa shape index (κ2) is 9.72. The van der Waals surface area contributed by atoms with Gasteiger partial charge >= 0.3 is 11.7 Å². The second-order valence-electron chi connectivity index (χ2n) is 8.33. The third kappa shape index (κ3) is 5.30. The van der Waals surface area contributed by atoms with Gasteiger partial charge in [0.05, 0.1) is 27.2 Å². The van der Waals surface area contributed by atoms with Crippen LogP contribution >= 0.6 is 0 Å². The third-order valence-corrected chi connectivity index (χ3v) is 7.16. The van der Waals surface area contributed by atoms with E-state index in [2.05, 4.69) is 20.0 Å². The van der Waals surface area contributed by atoms with E-state index in [0.29, 0.717) is 11.0 Å². The number of aromatic amines is 2. The molecule has 1 aliphatic carbocycles. The van der Waals surface area contributed by atoms with Crippen LogP contribution in [0.5, 0.6) is 0 Å². The molecular weight excluding hydrogens is 460 g/mol. The van der Waals surface area contributed by atoms with Gasteiger partial charge in [0.1, 0.15) is 0 Å². The minimum atomic E-state index is -4.09. The lowest BCUT2D eigenvalue weighted by Gasteiger charge is -2.24. The van der Waals surface area contributed by atoms with Gasteiger partial charge in [0, 0.05) is 6.04 Å². The Balaban J connectivity index is 1.48. The number of H-pyrrole nitrogens is 2. The first-order valence-corrected chi connectivity index (χ1v) is 12.6. The predicted molar refractivity (Wildman–Crippen MR) is 126 cm³/mol. The number of anilines is 1. The summed E-state index contributed by atoms with van der Waals surface area (Å²) < 4.78 is 33.6. The van der Waals surface area contributed by atoms with E-state index in [1.807, 2.05) is 0 Å². The Kier molecular flexibility index (Phi) is 6.73. The molecule has 4 N–H and O–H groups in total. The zero-order valence-electron chi connectivity index (χ0n) is 18.6. The van der Waals surface area contributed by atoms with Gasteiger partial charge in [-0.25, -0.2) is 18.0 Å². The number of aromatic nitrogens is 2. The van der Waals surface area contributed by atoms with Crippen molar-refractivity contribution in [3.8, 4) is 0 Å². The van der Waals surface area contributed by atoms with Crippen LogP contribution in [0.25, 0.3) is 11.0 Å². The van der Waals surface area contributed by atoms with Crippen LogP contribution < -0.4 is 15.7 Å². The van der Waals surface area contributed by atoms with E-state index in [-0.39, 0.29) is 28.1 Å². The van der Waals surface area contributed by atoms with Gasteiger partial charge in [0.2, 0.25) is 0 Å². The molecule has 34 heavy (non-hydrogen) atoms. The highest BCUT2D eigenvalue weighted by atomic mass is 32.2. The summed E-state index contributed by atoms with van der Waals surface area (Å²) in [5.41, 5.74) is 0.327. The van der Waals surface area contributed by atoms with Gasteiger partial charge in [0.25, 0.3) is 15.9 Å². The molecule has 2 aromatic carbocycles. The molecular formula is C23H26N4O6S. The molecule has 11 heteroatoms. The lowest BCUT2D eigenvalue weighted by atomic mass is 9.95. The topological polar surface area (TPSA) is 150 Å². The lowest BCUT2D eigenvalue weighted by Crippen LogP contribution is -2.42. The molecule has 1 fully saturated rings. The highest BCUT2D eigenvalue weighted by Crippen LogP contribution is 2.23. The Morgan fingerprint density at radius 3 is 2.50 bits per heavy atom. The van der Waals surface area contributed by atoms with Crippen molar-refractivity contribution in [1.29, 1.82) is 0 Å². The Morgan fingerprint density at radius 2 is 1.74 bits per heavy atom. The molecule has 180 valence electrons. The first kappa shape index (κ1) is 23.6. The molecule has 3 aromatic rings. The number of nitrogens with one attached hydrogen (secondary N) is 4. The number of benzene rings is 2. The smallest absolute Gasteiger partial charge is 0.341 e. The molecule has 1 aromatic heterocycles. The quantitative estimate of drug-likeness (QED) is 0.377. The minimum absolute atomic E-state index is 0.00930. The Labute approximate surface area is 196 Å². The first-order valence-electron chi connectivity index (χ1n) is 11.1. The third-order valence-electron chi connectivity index (χ3n) is 5.79. The summed E-state index contributed by atoms with van der Waals surface area (Å²) in [5.74, 6) is -1.21. The monoisotopic (exact) mass is 486 g/mol. The number of carbonyl (C=O) groups is 2. The van der Waals surface area contributed by atoms with Crippen LogP contribution in [0.4, 0.5) is 5.69 Å². The minimum Gasteiger partial charge on any atom is -0.449 e. The number of imidazole rings is 1. The second-order valence-corrected chi connectivity index (χ2v) is 10.0. The molecule has 0 spiro atoms. The summed E-state index contributed by atoms with van der Waals surface area (Å²) in [6.45, 7) is 1.48.